The summed E-state index contributed by atoms with van der Waals surface area (Å²) in [4.78, 5) is 28.3. The lowest BCUT2D eigenvalue weighted by Crippen LogP contribution is -2.29. The van der Waals surface area contributed by atoms with Crippen LogP contribution in [-0.4, -0.2) is 22.9 Å². The summed E-state index contributed by atoms with van der Waals surface area (Å²) >= 11 is 0. The van der Waals surface area contributed by atoms with E-state index in [2.05, 4.69) is 0 Å². The molecule has 6 heteroatoms. The molecule has 1 N–H and O–H groups in total. The first kappa shape index (κ1) is 24.5. The third-order valence-corrected chi connectivity index (χ3v) is 7.09. The van der Waals surface area contributed by atoms with Gasteiger partial charge in [-0.1, -0.05) is 60.7 Å². The molecule has 2 atom stereocenters. The number of carbonyl (C=O) groups is 2. The fraction of sp³-hybridized carbons (Fsp3) is 0.152. The van der Waals surface area contributed by atoms with Crippen molar-refractivity contribution in [1.82, 2.24) is 0 Å². The monoisotopic (exact) mass is 517 g/mol. The maximum atomic E-state index is 13.4. The van der Waals surface area contributed by atoms with E-state index in [1.807, 2.05) is 85.8 Å². The average Bonchev–Trinajstić information content (AvgIpc) is 3.48. The lowest BCUT2D eigenvalue weighted by atomic mass is 9.94. The van der Waals surface area contributed by atoms with Crippen LogP contribution in [0.2, 0.25) is 0 Å². The van der Waals surface area contributed by atoms with E-state index in [9.17, 15) is 14.7 Å². The highest BCUT2D eigenvalue weighted by atomic mass is 16.5. The second kappa shape index (κ2) is 10.1. The predicted octanol–water partition coefficient (Wildman–Crippen LogP) is 6.22. The number of benzene rings is 4. The van der Waals surface area contributed by atoms with Gasteiger partial charge in [-0.2, -0.15) is 0 Å². The van der Waals surface area contributed by atoms with Gasteiger partial charge in [0.05, 0.1) is 11.6 Å². The van der Waals surface area contributed by atoms with E-state index in [-0.39, 0.29) is 17.4 Å². The number of hydrogen-bond donors (Lipinski definition) is 1. The van der Waals surface area contributed by atoms with Gasteiger partial charge in [0, 0.05) is 17.7 Å². The molecule has 1 amide bonds. The summed E-state index contributed by atoms with van der Waals surface area (Å²) in [6.07, 6.45) is 0.756. The summed E-state index contributed by atoms with van der Waals surface area (Å²) in [6.45, 7) is 2.40. The summed E-state index contributed by atoms with van der Waals surface area (Å²) in [7, 11) is 0. The van der Waals surface area contributed by atoms with Crippen LogP contribution >= 0.6 is 0 Å². The SMILES string of the molecule is CC1Cc2cc(/C(O)=C3/C(=O)C(=O)N(c4ccccc4)C3c3ccc(OCc4ccccc4)cc3)ccc2O1. The second-order valence-corrected chi connectivity index (χ2v) is 9.80. The van der Waals surface area contributed by atoms with Crippen molar-refractivity contribution in [3.8, 4) is 11.5 Å². The van der Waals surface area contributed by atoms with Gasteiger partial charge < -0.3 is 14.6 Å². The Morgan fingerprint density at radius 2 is 1.62 bits per heavy atom. The molecular formula is C33H27NO5. The first-order valence-corrected chi connectivity index (χ1v) is 12.9. The van der Waals surface area contributed by atoms with E-state index >= 15 is 0 Å². The van der Waals surface area contributed by atoms with Gasteiger partial charge in [0.25, 0.3) is 11.7 Å². The highest BCUT2D eigenvalue weighted by Crippen LogP contribution is 2.43. The molecule has 2 heterocycles. The van der Waals surface area contributed by atoms with Crippen LogP contribution in [0.4, 0.5) is 5.69 Å². The van der Waals surface area contributed by atoms with Crippen molar-refractivity contribution in [3.63, 3.8) is 0 Å². The van der Waals surface area contributed by atoms with E-state index in [0.29, 0.717) is 35.6 Å². The van der Waals surface area contributed by atoms with Crippen LogP contribution in [0.25, 0.3) is 5.76 Å². The molecule has 39 heavy (non-hydrogen) atoms. The van der Waals surface area contributed by atoms with Crippen LogP contribution in [0.15, 0.2) is 109 Å². The lowest BCUT2D eigenvalue weighted by molar-refractivity contribution is -0.132. The number of hydrogen-bond acceptors (Lipinski definition) is 5. The molecule has 2 aliphatic rings. The number of rotatable bonds is 6. The van der Waals surface area contributed by atoms with Crippen LogP contribution in [0.3, 0.4) is 0 Å². The van der Waals surface area contributed by atoms with Crippen molar-refractivity contribution in [3.05, 3.63) is 131 Å². The third kappa shape index (κ3) is 4.66. The smallest absolute Gasteiger partial charge is 0.300 e. The van der Waals surface area contributed by atoms with Crippen molar-refractivity contribution in [1.29, 1.82) is 0 Å². The Hall–Kier alpha value is -4.84. The number of ether oxygens (including phenoxy) is 2. The number of carbonyl (C=O) groups excluding carboxylic acids is 2. The molecular weight excluding hydrogens is 490 g/mol. The Bertz CT molecular complexity index is 1560. The Kier molecular flexibility index (Phi) is 6.37. The van der Waals surface area contributed by atoms with Crippen LogP contribution in [0, 0.1) is 0 Å². The van der Waals surface area contributed by atoms with E-state index in [0.717, 1.165) is 16.9 Å². The normalized spacial score (nSPS) is 19.6. The Balaban J connectivity index is 1.39. The van der Waals surface area contributed by atoms with Crippen molar-refractivity contribution < 1.29 is 24.2 Å². The zero-order chi connectivity index (χ0) is 26.9. The maximum Gasteiger partial charge on any atom is 0.300 e. The number of anilines is 1. The van der Waals surface area contributed by atoms with Gasteiger partial charge >= 0.3 is 0 Å². The molecule has 0 spiro atoms. The Labute approximate surface area is 226 Å². The molecule has 6 rings (SSSR count). The number of ketones is 1. The number of aliphatic hydroxyl groups is 1. The second-order valence-electron chi connectivity index (χ2n) is 9.80. The predicted molar refractivity (Wildman–Crippen MR) is 149 cm³/mol. The number of aliphatic hydroxyl groups excluding tert-OH is 1. The van der Waals surface area contributed by atoms with E-state index < -0.39 is 17.7 Å². The van der Waals surface area contributed by atoms with Crippen molar-refractivity contribution in [2.24, 2.45) is 0 Å². The van der Waals surface area contributed by atoms with Gasteiger partial charge in [0.2, 0.25) is 0 Å². The quantitative estimate of drug-likeness (QED) is 0.187. The first-order valence-electron chi connectivity index (χ1n) is 12.9. The summed E-state index contributed by atoms with van der Waals surface area (Å²) < 4.78 is 11.7. The highest BCUT2D eigenvalue weighted by Gasteiger charge is 2.47. The van der Waals surface area contributed by atoms with Gasteiger partial charge in [0.15, 0.2) is 0 Å². The molecule has 194 valence electrons. The Morgan fingerprint density at radius 3 is 2.33 bits per heavy atom. The topological polar surface area (TPSA) is 76.1 Å². The van der Waals surface area contributed by atoms with Gasteiger partial charge in [-0.3, -0.25) is 14.5 Å². The molecule has 1 fully saturated rings. The van der Waals surface area contributed by atoms with Crippen LogP contribution in [-0.2, 0) is 22.6 Å². The van der Waals surface area contributed by atoms with E-state index in [1.54, 1.807) is 24.3 Å². The van der Waals surface area contributed by atoms with Crippen molar-refractivity contribution in [2.75, 3.05) is 4.90 Å². The van der Waals surface area contributed by atoms with Gasteiger partial charge in [-0.25, -0.2) is 0 Å². The molecule has 6 nitrogen and oxygen atoms in total. The van der Waals surface area contributed by atoms with Crippen LogP contribution in [0.5, 0.6) is 11.5 Å². The molecule has 1 saturated heterocycles. The third-order valence-electron chi connectivity index (χ3n) is 7.09. The van der Waals surface area contributed by atoms with E-state index in [4.69, 9.17) is 9.47 Å². The number of para-hydroxylation sites is 1. The minimum absolute atomic E-state index is 0.0451. The molecule has 0 radical (unpaired) electrons. The number of amides is 1. The van der Waals surface area contributed by atoms with Crippen molar-refractivity contribution in [2.45, 2.75) is 32.1 Å². The average molecular weight is 518 g/mol. The number of Topliss-reactive ketones (excluding diaryl/α,β-unsaturated/α-hetero) is 1. The molecule has 4 aromatic carbocycles. The summed E-state index contributed by atoms with van der Waals surface area (Å²) in [5.41, 5.74) is 3.79. The largest absolute Gasteiger partial charge is 0.507 e. The zero-order valence-electron chi connectivity index (χ0n) is 21.4. The Morgan fingerprint density at radius 1 is 0.923 bits per heavy atom. The molecule has 2 unspecified atom stereocenters. The summed E-state index contributed by atoms with van der Waals surface area (Å²) in [5.74, 6) is -0.187. The minimum atomic E-state index is -0.806. The number of nitrogens with zero attached hydrogens (tertiary/aromatic N) is 1. The van der Waals surface area contributed by atoms with Crippen molar-refractivity contribution >= 4 is 23.1 Å². The molecule has 4 aromatic rings. The summed E-state index contributed by atoms with van der Waals surface area (Å²) in [6, 6.07) is 30.8. The fourth-order valence-electron chi connectivity index (χ4n) is 5.21. The van der Waals surface area contributed by atoms with Gasteiger partial charge in [0.1, 0.15) is 30.0 Å². The highest BCUT2D eigenvalue weighted by molar-refractivity contribution is 6.51. The van der Waals surface area contributed by atoms with Crippen LogP contribution in [0.1, 0.15) is 35.2 Å². The lowest BCUT2D eigenvalue weighted by Gasteiger charge is -2.25. The molecule has 0 aliphatic carbocycles. The molecule has 0 aromatic heterocycles. The van der Waals surface area contributed by atoms with Crippen LogP contribution < -0.4 is 14.4 Å². The zero-order valence-corrected chi connectivity index (χ0v) is 21.4. The number of fused-ring (bicyclic) bond motifs is 1. The minimum Gasteiger partial charge on any atom is -0.507 e. The molecule has 0 bridgehead atoms. The first-order chi connectivity index (χ1) is 19.0. The maximum absolute atomic E-state index is 13.4. The van der Waals surface area contributed by atoms with Gasteiger partial charge in [-0.15, -0.1) is 0 Å². The standard InChI is InChI=1S/C33H27NO5/c1-21-18-25-19-24(14-17-28(25)39-21)31(35)29-30(34(33(37)32(29)36)26-10-6-3-7-11-26)23-12-15-27(16-13-23)38-20-22-8-4-2-5-9-22/h2-17,19,21,30,35H,18,20H2,1H3/b31-29-. The van der Waals surface area contributed by atoms with E-state index in [1.165, 1.54) is 4.90 Å². The fourth-order valence-corrected chi connectivity index (χ4v) is 5.21. The van der Waals surface area contributed by atoms with Gasteiger partial charge in [-0.05, 0) is 66.1 Å². The summed E-state index contributed by atoms with van der Waals surface area (Å²) in [5, 5.41) is 11.5. The molecule has 2 aliphatic heterocycles. The molecule has 0 saturated carbocycles.